The van der Waals surface area contributed by atoms with Gasteiger partial charge in [-0.25, -0.2) is 4.79 Å². The molecule has 29 heavy (non-hydrogen) atoms. The van der Waals surface area contributed by atoms with Crippen molar-refractivity contribution in [2.45, 2.75) is 63.6 Å². The maximum Gasteiger partial charge on any atom is 0.339 e. The van der Waals surface area contributed by atoms with Gasteiger partial charge in [0.25, 0.3) is 0 Å². The van der Waals surface area contributed by atoms with Gasteiger partial charge in [-0.05, 0) is 25.0 Å². The lowest BCUT2D eigenvalue weighted by atomic mass is 9.49. The molecule has 1 aromatic heterocycles. The number of hydrogen-bond acceptors (Lipinski definition) is 7. The zero-order valence-electron chi connectivity index (χ0n) is 17.1. The van der Waals surface area contributed by atoms with Crippen LogP contribution in [0.5, 0.6) is 5.75 Å². The van der Waals surface area contributed by atoms with E-state index in [9.17, 15) is 9.59 Å². The summed E-state index contributed by atoms with van der Waals surface area (Å²) in [6.45, 7) is 4.06. The number of ketones is 1. The first-order chi connectivity index (χ1) is 14.0. The van der Waals surface area contributed by atoms with Gasteiger partial charge in [-0.3, -0.25) is 4.79 Å². The molecule has 0 aromatic carbocycles. The zero-order chi connectivity index (χ0) is 20.5. The van der Waals surface area contributed by atoms with Gasteiger partial charge in [-0.2, -0.15) is 0 Å². The van der Waals surface area contributed by atoms with E-state index in [1.807, 2.05) is 13.0 Å². The minimum atomic E-state index is -0.813. The Hall–Kier alpha value is -1.96. The van der Waals surface area contributed by atoms with E-state index in [2.05, 4.69) is 6.92 Å². The molecule has 7 atom stereocenters. The van der Waals surface area contributed by atoms with Gasteiger partial charge in [0.1, 0.15) is 23.7 Å². The second-order valence-corrected chi connectivity index (χ2v) is 8.41. The number of epoxide rings is 1. The molecule has 0 bridgehead atoms. The van der Waals surface area contributed by atoms with Crippen LogP contribution in [0.25, 0.3) is 0 Å². The standard InChI is InChI=1S/C22H26O7/c1-5-6-11-18-14(25-3)9-17(23)28-15(18)7-12-10(2)27-21(26-4)13-8-16-19(29-16)20(24)22(11,12)13/h8-12,16,19,21H,5-7H2,1-4H3/t10-,11?,12-,16+,19+,21-,22+/m0/s1. The van der Waals surface area contributed by atoms with Crippen LogP contribution in [0.4, 0.5) is 0 Å². The number of hydrogen-bond donors (Lipinski definition) is 0. The fourth-order valence-electron chi connectivity index (χ4n) is 6.00. The van der Waals surface area contributed by atoms with Gasteiger partial charge in [0.15, 0.2) is 12.1 Å². The summed E-state index contributed by atoms with van der Waals surface area (Å²) in [6.07, 6.45) is 2.61. The molecule has 1 unspecified atom stereocenters. The van der Waals surface area contributed by atoms with Crippen molar-refractivity contribution >= 4 is 5.78 Å². The average molecular weight is 402 g/mol. The minimum absolute atomic E-state index is 0.0968. The van der Waals surface area contributed by atoms with Crippen molar-refractivity contribution < 1.29 is 28.2 Å². The van der Waals surface area contributed by atoms with Crippen LogP contribution in [0, 0.1) is 11.3 Å². The van der Waals surface area contributed by atoms with E-state index >= 15 is 0 Å². The van der Waals surface area contributed by atoms with E-state index in [4.69, 9.17) is 23.4 Å². The van der Waals surface area contributed by atoms with E-state index in [1.165, 1.54) is 6.07 Å². The highest BCUT2D eigenvalue weighted by Gasteiger charge is 2.70. The molecule has 2 fully saturated rings. The number of ether oxygens (including phenoxy) is 4. The van der Waals surface area contributed by atoms with Crippen molar-refractivity contribution in [2.24, 2.45) is 11.3 Å². The number of fused-ring (bicyclic) bond motifs is 2. The van der Waals surface area contributed by atoms with Crippen LogP contribution in [0.1, 0.15) is 43.9 Å². The molecule has 2 aliphatic carbocycles. The predicted molar refractivity (Wildman–Crippen MR) is 102 cm³/mol. The van der Waals surface area contributed by atoms with E-state index in [0.29, 0.717) is 17.9 Å². The van der Waals surface area contributed by atoms with Crippen molar-refractivity contribution in [1.82, 2.24) is 0 Å². The first-order valence-electron chi connectivity index (χ1n) is 10.3. The molecule has 0 saturated carbocycles. The summed E-state index contributed by atoms with van der Waals surface area (Å²) in [6, 6.07) is 1.38. The SMILES string of the molecule is CCCC1c2c(OC)cc(=O)oc2C[C@H]2[C@H](C)O[C@H](OC)C3=C[C@H]4O[C@H]4C(=O)[C@]312. The first kappa shape index (κ1) is 19.0. The highest BCUT2D eigenvalue weighted by molar-refractivity contribution is 5.98. The quantitative estimate of drug-likeness (QED) is 0.564. The summed E-state index contributed by atoms with van der Waals surface area (Å²) in [7, 11) is 3.15. The van der Waals surface area contributed by atoms with Crippen molar-refractivity contribution in [3.63, 3.8) is 0 Å². The second kappa shape index (κ2) is 6.52. The molecular weight excluding hydrogens is 376 g/mol. The largest absolute Gasteiger partial charge is 0.496 e. The summed E-state index contributed by atoms with van der Waals surface area (Å²) < 4.78 is 28.8. The van der Waals surface area contributed by atoms with Gasteiger partial charge in [-0.15, -0.1) is 0 Å². The highest BCUT2D eigenvalue weighted by atomic mass is 16.7. The Bertz CT molecular complexity index is 947. The summed E-state index contributed by atoms with van der Waals surface area (Å²) in [5.41, 5.74) is 0.422. The fraction of sp³-hybridized carbons (Fsp3) is 0.636. The van der Waals surface area contributed by atoms with Crippen LogP contribution < -0.4 is 10.4 Å². The molecule has 5 rings (SSSR count). The van der Waals surface area contributed by atoms with Crippen molar-refractivity contribution in [3.05, 3.63) is 39.5 Å². The highest BCUT2D eigenvalue weighted by Crippen LogP contribution is 2.65. The van der Waals surface area contributed by atoms with Crippen molar-refractivity contribution in [1.29, 1.82) is 0 Å². The molecule has 156 valence electrons. The third-order valence-electron chi connectivity index (χ3n) is 7.11. The van der Waals surface area contributed by atoms with E-state index in [-0.39, 0.29) is 29.8 Å². The zero-order valence-corrected chi connectivity index (χ0v) is 17.1. The Kier molecular flexibility index (Phi) is 4.28. The van der Waals surface area contributed by atoms with Gasteiger partial charge in [0.05, 0.1) is 24.7 Å². The minimum Gasteiger partial charge on any atom is -0.496 e. The molecular formula is C22H26O7. The monoisotopic (exact) mass is 402 g/mol. The molecule has 4 aliphatic rings. The molecule has 0 amide bonds. The Morgan fingerprint density at radius 1 is 1.24 bits per heavy atom. The molecule has 1 spiro atoms. The molecule has 0 N–H and O–H groups in total. The fourth-order valence-corrected chi connectivity index (χ4v) is 6.00. The van der Waals surface area contributed by atoms with Crippen LogP contribution in [0.2, 0.25) is 0 Å². The normalized spacial score (nSPS) is 39.6. The lowest BCUT2D eigenvalue weighted by Gasteiger charge is -2.56. The third kappa shape index (κ3) is 2.41. The Labute approximate surface area is 169 Å². The molecule has 0 radical (unpaired) electrons. The molecule has 7 nitrogen and oxygen atoms in total. The lowest BCUT2D eigenvalue weighted by Crippen LogP contribution is -2.61. The maximum atomic E-state index is 13.9. The summed E-state index contributed by atoms with van der Waals surface area (Å²) in [5.74, 6) is 0.812. The molecule has 3 heterocycles. The summed E-state index contributed by atoms with van der Waals surface area (Å²) in [5, 5.41) is 0. The predicted octanol–water partition coefficient (Wildman–Crippen LogP) is 2.36. The molecule has 1 aromatic rings. The van der Waals surface area contributed by atoms with E-state index in [0.717, 1.165) is 24.0 Å². The first-order valence-corrected chi connectivity index (χ1v) is 10.3. The van der Waals surface area contributed by atoms with Crippen LogP contribution >= 0.6 is 0 Å². The van der Waals surface area contributed by atoms with Crippen molar-refractivity contribution in [2.75, 3.05) is 14.2 Å². The van der Waals surface area contributed by atoms with Crippen LogP contribution in [0.15, 0.2) is 26.9 Å². The van der Waals surface area contributed by atoms with Gasteiger partial charge >= 0.3 is 5.63 Å². The van der Waals surface area contributed by atoms with Gasteiger partial charge in [0.2, 0.25) is 0 Å². The Morgan fingerprint density at radius 3 is 2.72 bits per heavy atom. The number of carbonyl (C=O) groups excluding carboxylic acids is 1. The van der Waals surface area contributed by atoms with Gasteiger partial charge in [-0.1, -0.05) is 13.3 Å². The van der Waals surface area contributed by atoms with E-state index in [1.54, 1.807) is 14.2 Å². The molecule has 2 saturated heterocycles. The third-order valence-corrected chi connectivity index (χ3v) is 7.11. The molecule has 2 aliphatic heterocycles. The van der Waals surface area contributed by atoms with Crippen LogP contribution in [-0.4, -0.2) is 44.6 Å². The van der Waals surface area contributed by atoms with Gasteiger partial charge in [0, 0.05) is 30.9 Å². The smallest absolute Gasteiger partial charge is 0.339 e. The van der Waals surface area contributed by atoms with Crippen LogP contribution in [0.3, 0.4) is 0 Å². The number of carbonyl (C=O) groups is 1. The number of rotatable bonds is 4. The van der Waals surface area contributed by atoms with E-state index < -0.39 is 23.4 Å². The number of methoxy groups -OCH3 is 2. The topological polar surface area (TPSA) is 87.5 Å². The Morgan fingerprint density at radius 2 is 2.03 bits per heavy atom. The average Bonchev–Trinajstić information content (AvgIpc) is 3.48. The lowest BCUT2D eigenvalue weighted by molar-refractivity contribution is -0.203. The maximum absolute atomic E-state index is 13.9. The molecule has 7 heteroatoms. The van der Waals surface area contributed by atoms with Gasteiger partial charge < -0.3 is 23.4 Å². The summed E-state index contributed by atoms with van der Waals surface area (Å²) >= 11 is 0. The van der Waals surface area contributed by atoms with Crippen molar-refractivity contribution in [3.8, 4) is 5.75 Å². The summed E-state index contributed by atoms with van der Waals surface area (Å²) in [4.78, 5) is 26.0. The Balaban J connectivity index is 1.81. The van der Waals surface area contributed by atoms with Crippen LogP contribution in [-0.2, 0) is 25.4 Å². The second-order valence-electron chi connectivity index (χ2n) is 8.41. The number of Topliss-reactive ketones (excluding diaryl/α,β-unsaturated/α-hetero) is 1.